The lowest BCUT2D eigenvalue weighted by Gasteiger charge is -2.31. The van der Waals surface area contributed by atoms with Gasteiger partial charge in [0.25, 0.3) is 0 Å². The van der Waals surface area contributed by atoms with Crippen LogP contribution in [-0.2, 0) is 38.1 Å². The van der Waals surface area contributed by atoms with Crippen molar-refractivity contribution in [2.45, 2.75) is 89.1 Å². The first-order valence-electron chi connectivity index (χ1n) is 15.3. The Morgan fingerprint density at radius 3 is 2.49 bits per heavy atom. The summed E-state index contributed by atoms with van der Waals surface area (Å²) >= 11 is 0. The fourth-order valence-electron chi connectivity index (χ4n) is 4.84. The molecule has 1 saturated heterocycles. The molecule has 0 radical (unpaired) electrons. The number of ether oxygens (including phenoxy) is 4. The molecule has 0 bridgehead atoms. The summed E-state index contributed by atoms with van der Waals surface area (Å²) in [5.41, 5.74) is 0.286. The number of fused-ring (bicyclic) bond motifs is 1. The van der Waals surface area contributed by atoms with E-state index in [1.165, 1.54) is 24.0 Å². The normalized spacial score (nSPS) is 21.1. The second-order valence-corrected chi connectivity index (χ2v) is 12.6. The molecular formula is C33H45N3O11. The number of likely N-dealkylation sites (N-methyl/N-ethyl adjacent to an activating group) is 1. The quantitative estimate of drug-likeness (QED) is 0.174. The number of amides is 3. The highest BCUT2D eigenvalue weighted by Crippen LogP contribution is 2.31. The van der Waals surface area contributed by atoms with E-state index in [1.54, 1.807) is 65.2 Å². The highest BCUT2D eigenvalue weighted by molar-refractivity contribution is 5.98. The molecule has 0 spiro atoms. The second kappa shape index (κ2) is 16.6. The monoisotopic (exact) mass is 659 g/mol. The van der Waals surface area contributed by atoms with E-state index in [-0.39, 0.29) is 43.1 Å². The van der Waals surface area contributed by atoms with E-state index >= 15 is 0 Å². The number of nitrogens with one attached hydrogen (secondary N) is 2. The maximum Gasteiger partial charge on any atom is 0.338 e. The fourth-order valence-corrected chi connectivity index (χ4v) is 4.84. The lowest BCUT2D eigenvalue weighted by molar-refractivity contribution is -0.155. The van der Waals surface area contributed by atoms with E-state index in [9.17, 15) is 34.2 Å². The van der Waals surface area contributed by atoms with Gasteiger partial charge in [0.1, 0.15) is 36.7 Å². The van der Waals surface area contributed by atoms with Gasteiger partial charge in [0.15, 0.2) is 0 Å². The van der Waals surface area contributed by atoms with Crippen LogP contribution in [0.25, 0.3) is 6.08 Å². The van der Waals surface area contributed by atoms with Gasteiger partial charge in [-0.15, -0.1) is 0 Å². The molecule has 1 aromatic rings. The zero-order valence-corrected chi connectivity index (χ0v) is 27.6. The third-order valence-electron chi connectivity index (χ3n) is 7.26. The fraction of sp³-hybridized carbons (Fsp3) is 0.545. The number of carbonyl (C=O) groups is 5. The summed E-state index contributed by atoms with van der Waals surface area (Å²) in [6.07, 6.45) is 0.795. The lowest BCUT2D eigenvalue weighted by Crippen LogP contribution is -2.55. The molecule has 4 N–H and O–H groups in total. The molecule has 0 aromatic heterocycles. The maximum absolute atomic E-state index is 13.4. The van der Waals surface area contributed by atoms with Crippen LogP contribution in [0, 0.1) is 0 Å². The number of hydrogen-bond donors (Lipinski definition) is 4. The number of aliphatic hydroxyl groups is 2. The minimum absolute atomic E-state index is 0.0662. The molecule has 14 heteroatoms. The van der Waals surface area contributed by atoms with E-state index in [1.807, 2.05) is 0 Å². The molecule has 1 fully saturated rings. The van der Waals surface area contributed by atoms with Crippen LogP contribution in [0.4, 0.5) is 0 Å². The Morgan fingerprint density at radius 1 is 1.13 bits per heavy atom. The van der Waals surface area contributed by atoms with Gasteiger partial charge in [-0.25, -0.2) is 4.79 Å². The SMILES string of the molecule is C[C@H](O)[C@@H](NC(=O)C1=C[C@H]2OCO[C@H]2[C@H](OC(=O)c2cccc(C=CC(=O)N(C)C)c2)C1)C(=O)N[C@H](CO)CCC(=O)OC(C)(C)C. The Labute approximate surface area is 274 Å². The highest BCUT2D eigenvalue weighted by Gasteiger charge is 2.43. The number of carbonyl (C=O) groups excluding carboxylic acids is 5. The summed E-state index contributed by atoms with van der Waals surface area (Å²) < 4.78 is 22.3. The highest BCUT2D eigenvalue weighted by atomic mass is 16.7. The molecule has 1 heterocycles. The van der Waals surface area contributed by atoms with Crippen LogP contribution in [0.1, 0.15) is 62.9 Å². The van der Waals surface area contributed by atoms with Crippen LogP contribution in [0.3, 0.4) is 0 Å². The number of esters is 2. The van der Waals surface area contributed by atoms with Crippen LogP contribution in [0.2, 0.25) is 0 Å². The summed E-state index contributed by atoms with van der Waals surface area (Å²) in [6, 6.07) is 4.25. The molecular weight excluding hydrogens is 614 g/mol. The Bertz CT molecular complexity index is 1370. The zero-order chi connectivity index (χ0) is 34.9. The Kier molecular flexibility index (Phi) is 13.2. The van der Waals surface area contributed by atoms with E-state index in [2.05, 4.69) is 10.6 Å². The molecule has 47 heavy (non-hydrogen) atoms. The first-order chi connectivity index (χ1) is 22.1. The van der Waals surface area contributed by atoms with Crippen molar-refractivity contribution < 1.29 is 53.1 Å². The van der Waals surface area contributed by atoms with E-state index in [0.29, 0.717) is 5.56 Å². The van der Waals surface area contributed by atoms with E-state index in [0.717, 1.165) is 0 Å². The molecule has 3 rings (SSSR count). The summed E-state index contributed by atoms with van der Waals surface area (Å²) in [4.78, 5) is 65.0. The summed E-state index contributed by atoms with van der Waals surface area (Å²) in [6.45, 7) is 5.93. The molecule has 6 atom stereocenters. The number of benzene rings is 1. The van der Waals surface area contributed by atoms with Crippen LogP contribution >= 0.6 is 0 Å². The van der Waals surface area contributed by atoms with E-state index < -0.39 is 72.5 Å². The van der Waals surface area contributed by atoms with Crippen LogP contribution in [0.15, 0.2) is 42.0 Å². The minimum atomic E-state index is -1.41. The van der Waals surface area contributed by atoms with Gasteiger partial charge in [-0.05, 0) is 64.0 Å². The van der Waals surface area contributed by atoms with Crippen LogP contribution in [-0.4, -0.2) is 114 Å². The lowest BCUT2D eigenvalue weighted by atomic mass is 9.91. The average molecular weight is 660 g/mol. The van der Waals surface area contributed by atoms with Gasteiger partial charge < -0.3 is 44.7 Å². The van der Waals surface area contributed by atoms with Crippen molar-refractivity contribution >= 4 is 35.7 Å². The second-order valence-electron chi connectivity index (χ2n) is 12.6. The molecule has 0 saturated carbocycles. The first kappa shape index (κ1) is 37.3. The molecule has 1 aliphatic carbocycles. The molecule has 14 nitrogen and oxygen atoms in total. The van der Waals surface area contributed by atoms with Gasteiger partial charge in [0.05, 0.1) is 24.3 Å². The van der Waals surface area contributed by atoms with Crippen molar-refractivity contribution in [3.05, 3.63) is 53.1 Å². The van der Waals surface area contributed by atoms with Crippen molar-refractivity contribution in [1.29, 1.82) is 0 Å². The van der Waals surface area contributed by atoms with Crippen LogP contribution < -0.4 is 10.6 Å². The standard InChI is InChI=1S/C33H45N3O11/c1-19(38)28(31(42)34-23(17-37)11-13-27(40)47-33(2,3)4)35-30(41)22-15-24-29(45-18-44-24)25(16-22)46-32(43)21-9-7-8-20(14-21)10-12-26(39)36(5)6/h7-10,12,14-15,19,23-25,28-29,37-38H,11,13,16-18H2,1-6H3,(H,34,42)(H,35,41)/t19-,23-,24+,25+,28+,29+/m0/s1. The van der Waals surface area contributed by atoms with Gasteiger partial charge in [-0.2, -0.15) is 0 Å². The first-order valence-corrected chi connectivity index (χ1v) is 15.3. The number of nitrogens with zero attached hydrogens (tertiary/aromatic N) is 1. The van der Waals surface area contributed by atoms with Gasteiger partial charge in [0, 0.05) is 38.6 Å². The zero-order valence-electron chi connectivity index (χ0n) is 27.6. The molecule has 3 amide bonds. The van der Waals surface area contributed by atoms with Gasteiger partial charge in [0.2, 0.25) is 17.7 Å². The molecule has 2 aliphatic rings. The van der Waals surface area contributed by atoms with Crippen molar-refractivity contribution in [2.75, 3.05) is 27.5 Å². The van der Waals surface area contributed by atoms with Crippen molar-refractivity contribution in [3.8, 4) is 0 Å². The topological polar surface area (TPSA) is 190 Å². The maximum atomic E-state index is 13.4. The van der Waals surface area contributed by atoms with Gasteiger partial charge >= 0.3 is 11.9 Å². The smallest absolute Gasteiger partial charge is 0.338 e. The van der Waals surface area contributed by atoms with Gasteiger partial charge in [-0.1, -0.05) is 12.1 Å². The third kappa shape index (κ3) is 11.3. The largest absolute Gasteiger partial charge is 0.460 e. The minimum Gasteiger partial charge on any atom is -0.460 e. The summed E-state index contributed by atoms with van der Waals surface area (Å²) in [5.74, 6) is -2.86. The van der Waals surface area contributed by atoms with Crippen molar-refractivity contribution in [3.63, 3.8) is 0 Å². The third-order valence-corrected chi connectivity index (χ3v) is 7.26. The van der Waals surface area contributed by atoms with Crippen molar-refractivity contribution in [1.82, 2.24) is 15.5 Å². The molecule has 258 valence electrons. The van der Waals surface area contributed by atoms with Crippen LogP contribution in [0.5, 0.6) is 0 Å². The summed E-state index contributed by atoms with van der Waals surface area (Å²) in [5, 5.41) is 25.2. The molecule has 1 aromatic carbocycles. The Morgan fingerprint density at radius 2 is 1.85 bits per heavy atom. The molecule has 1 aliphatic heterocycles. The predicted molar refractivity (Wildman–Crippen MR) is 168 cm³/mol. The molecule has 0 unspecified atom stereocenters. The average Bonchev–Trinajstić information content (AvgIpc) is 3.48. The van der Waals surface area contributed by atoms with E-state index in [4.69, 9.17) is 18.9 Å². The predicted octanol–water partition coefficient (Wildman–Crippen LogP) is 0.850. The number of aliphatic hydroxyl groups excluding tert-OH is 2. The van der Waals surface area contributed by atoms with Crippen molar-refractivity contribution in [2.24, 2.45) is 0 Å². The Hall–Kier alpha value is -4.11. The van der Waals surface area contributed by atoms with Gasteiger partial charge in [-0.3, -0.25) is 19.2 Å². The summed E-state index contributed by atoms with van der Waals surface area (Å²) in [7, 11) is 3.25. The number of hydrogen-bond acceptors (Lipinski definition) is 11. The Balaban J connectivity index is 1.66. The number of rotatable bonds is 13.